The highest BCUT2D eigenvalue weighted by Gasteiger charge is 2.14. The van der Waals surface area contributed by atoms with Crippen LogP contribution >= 0.6 is 23.4 Å². The summed E-state index contributed by atoms with van der Waals surface area (Å²) in [4.78, 5) is 12.1. The molecule has 0 atom stereocenters. The summed E-state index contributed by atoms with van der Waals surface area (Å²) >= 11 is 7.69. The first-order valence-corrected chi connectivity index (χ1v) is 10.3. The SMILES string of the molecule is O=C(NCc1ccc(F)c(Cl)c1)Nc1cccc(CSC2CCOCC2)c1. The predicted octanol–water partition coefficient (Wildman–Crippen LogP) is 5.21. The number of rotatable bonds is 6. The molecule has 0 radical (unpaired) electrons. The van der Waals surface area contributed by atoms with Crippen molar-refractivity contribution in [1.82, 2.24) is 5.32 Å². The summed E-state index contributed by atoms with van der Waals surface area (Å²) in [5.41, 5.74) is 2.66. The molecule has 1 fully saturated rings. The topological polar surface area (TPSA) is 50.4 Å². The second-order valence-corrected chi connectivity index (χ2v) is 8.08. The van der Waals surface area contributed by atoms with Crippen molar-refractivity contribution in [2.75, 3.05) is 18.5 Å². The van der Waals surface area contributed by atoms with Gasteiger partial charge in [0.25, 0.3) is 0 Å². The molecule has 2 N–H and O–H groups in total. The lowest BCUT2D eigenvalue weighted by molar-refractivity contribution is 0.1000. The predicted molar refractivity (Wildman–Crippen MR) is 109 cm³/mol. The first-order valence-electron chi connectivity index (χ1n) is 8.87. The number of halogens is 2. The average molecular weight is 409 g/mol. The summed E-state index contributed by atoms with van der Waals surface area (Å²) in [5, 5.41) is 6.26. The molecule has 1 aliphatic rings. The molecule has 144 valence electrons. The third-order valence-corrected chi connectivity index (χ3v) is 6.01. The van der Waals surface area contributed by atoms with E-state index < -0.39 is 5.82 Å². The normalized spacial score (nSPS) is 14.7. The molecule has 1 aliphatic heterocycles. The minimum atomic E-state index is -0.472. The molecule has 0 saturated carbocycles. The molecule has 2 aromatic rings. The van der Waals surface area contributed by atoms with Crippen molar-refractivity contribution in [1.29, 1.82) is 0 Å². The van der Waals surface area contributed by atoms with Gasteiger partial charge in [0, 0.05) is 36.4 Å². The lowest BCUT2D eigenvalue weighted by Crippen LogP contribution is -2.28. The Morgan fingerprint density at radius 2 is 2.00 bits per heavy atom. The molecular weight excluding hydrogens is 387 g/mol. The zero-order valence-corrected chi connectivity index (χ0v) is 16.4. The molecule has 2 amide bonds. The number of urea groups is 1. The number of amides is 2. The molecule has 4 nitrogen and oxygen atoms in total. The average Bonchev–Trinajstić information content (AvgIpc) is 2.68. The highest BCUT2D eigenvalue weighted by atomic mass is 35.5. The van der Waals surface area contributed by atoms with E-state index in [1.807, 2.05) is 30.0 Å². The Morgan fingerprint density at radius 1 is 1.19 bits per heavy atom. The summed E-state index contributed by atoms with van der Waals surface area (Å²) in [7, 11) is 0. The number of thioether (sulfide) groups is 1. The minimum Gasteiger partial charge on any atom is -0.381 e. The maximum Gasteiger partial charge on any atom is 0.319 e. The number of anilines is 1. The highest BCUT2D eigenvalue weighted by molar-refractivity contribution is 7.99. The van der Waals surface area contributed by atoms with Crippen LogP contribution < -0.4 is 10.6 Å². The van der Waals surface area contributed by atoms with Gasteiger partial charge in [-0.3, -0.25) is 0 Å². The van der Waals surface area contributed by atoms with Gasteiger partial charge >= 0.3 is 6.03 Å². The Bertz CT molecular complexity index is 784. The fraction of sp³-hybridized carbons (Fsp3) is 0.350. The summed E-state index contributed by atoms with van der Waals surface area (Å²) < 4.78 is 18.6. The third kappa shape index (κ3) is 6.41. The van der Waals surface area contributed by atoms with Gasteiger partial charge in [-0.1, -0.05) is 29.8 Å². The van der Waals surface area contributed by atoms with Gasteiger partial charge in [0.2, 0.25) is 0 Å². The van der Waals surface area contributed by atoms with Gasteiger partial charge in [-0.15, -0.1) is 0 Å². The number of hydrogen-bond donors (Lipinski definition) is 2. The van der Waals surface area contributed by atoms with Crippen LogP contribution in [-0.4, -0.2) is 24.5 Å². The Morgan fingerprint density at radius 3 is 2.78 bits per heavy atom. The molecule has 2 aromatic carbocycles. The maximum atomic E-state index is 13.2. The first-order chi connectivity index (χ1) is 13.1. The molecule has 1 saturated heterocycles. The van der Waals surface area contributed by atoms with Crippen LogP contribution in [0.5, 0.6) is 0 Å². The van der Waals surface area contributed by atoms with E-state index in [1.165, 1.54) is 17.7 Å². The molecular formula is C20H22ClFN2O2S. The van der Waals surface area contributed by atoms with Crippen molar-refractivity contribution in [3.63, 3.8) is 0 Å². The number of carbonyl (C=O) groups excluding carboxylic acids is 1. The number of benzene rings is 2. The van der Waals surface area contributed by atoms with Crippen LogP contribution in [0.1, 0.15) is 24.0 Å². The van der Waals surface area contributed by atoms with Crippen molar-refractivity contribution < 1.29 is 13.9 Å². The van der Waals surface area contributed by atoms with Crippen molar-refractivity contribution >= 4 is 35.1 Å². The van der Waals surface area contributed by atoms with Crippen LogP contribution in [0.4, 0.5) is 14.9 Å². The number of ether oxygens (including phenoxy) is 1. The Kier molecular flexibility index (Phi) is 7.38. The molecule has 3 rings (SSSR count). The first kappa shape index (κ1) is 20.0. The monoisotopic (exact) mass is 408 g/mol. The number of nitrogens with one attached hydrogen (secondary N) is 2. The smallest absolute Gasteiger partial charge is 0.319 e. The number of hydrogen-bond acceptors (Lipinski definition) is 3. The van der Waals surface area contributed by atoms with Crippen molar-refractivity contribution in [3.8, 4) is 0 Å². The van der Waals surface area contributed by atoms with Crippen LogP contribution in [0.25, 0.3) is 0 Å². The Balaban J connectivity index is 1.47. The van der Waals surface area contributed by atoms with Crippen LogP contribution in [-0.2, 0) is 17.0 Å². The van der Waals surface area contributed by atoms with E-state index >= 15 is 0 Å². The van der Waals surface area contributed by atoms with Gasteiger partial charge in [0.1, 0.15) is 5.82 Å². The van der Waals surface area contributed by atoms with Gasteiger partial charge < -0.3 is 15.4 Å². The van der Waals surface area contributed by atoms with Crippen molar-refractivity contribution in [2.24, 2.45) is 0 Å². The maximum absolute atomic E-state index is 13.2. The molecule has 27 heavy (non-hydrogen) atoms. The summed E-state index contributed by atoms with van der Waals surface area (Å²) in [6, 6.07) is 11.9. The van der Waals surface area contributed by atoms with Crippen molar-refractivity contribution in [2.45, 2.75) is 30.4 Å². The van der Waals surface area contributed by atoms with Gasteiger partial charge in [-0.2, -0.15) is 11.8 Å². The quantitative estimate of drug-likeness (QED) is 0.689. The Labute approximate surface area is 167 Å². The van der Waals surface area contributed by atoms with E-state index in [9.17, 15) is 9.18 Å². The highest BCUT2D eigenvalue weighted by Crippen LogP contribution is 2.26. The molecule has 0 unspecified atom stereocenters. The molecule has 0 aromatic heterocycles. The summed E-state index contributed by atoms with van der Waals surface area (Å²) in [6.45, 7) is 1.96. The van der Waals surface area contributed by atoms with Gasteiger partial charge in [-0.05, 0) is 48.2 Å². The van der Waals surface area contributed by atoms with E-state index in [0.717, 1.165) is 43.1 Å². The third-order valence-electron chi connectivity index (χ3n) is 4.28. The molecule has 0 bridgehead atoms. The standard InChI is InChI=1S/C20H22ClFN2O2S/c21-18-11-14(4-5-19(18)22)12-23-20(25)24-16-3-1-2-15(10-16)13-27-17-6-8-26-9-7-17/h1-5,10-11,17H,6-9,12-13H2,(H2,23,24,25). The summed E-state index contributed by atoms with van der Waals surface area (Å²) in [5.74, 6) is 0.441. The second-order valence-electron chi connectivity index (χ2n) is 6.38. The fourth-order valence-corrected chi connectivity index (χ4v) is 4.14. The van der Waals surface area contributed by atoms with E-state index in [0.29, 0.717) is 5.25 Å². The zero-order valence-electron chi connectivity index (χ0n) is 14.8. The lowest BCUT2D eigenvalue weighted by atomic mass is 10.2. The second kappa shape index (κ2) is 9.97. The largest absolute Gasteiger partial charge is 0.381 e. The minimum absolute atomic E-state index is 0.0458. The van der Waals surface area contributed by atoms with Crippen LogP contribution in [0.3, 0.4) is 0 Å². The molecule has 0 aliphatic carbocycles. The van der Waals surface area contributed by atoms with Gasteiger partial charge in [0.15, 0.2) is 0 Å². The van der Waals surface area contributed by atoms with E-state index in [-0.39, 0.29) is 17.6 Å². The van der Waals surface area contributed by atoms with Crippen molar-refractivity contribution in [3.05, 3.63) is 64.4 Å². The van der Waals surface area contributed by atoms with Gasteiger partial charge in [0.05, 0.1) is 5.02 Å². The fourth-order valence-electron chi connectivity index (χ4n) is 2.80. The van der Waals surface area contributed by atoms with E-state index in [2.05, 4.69) is 16.7 Å². The van der Waals surface area contributed by atoms with Crippen LogP contribution in [0.2, 0.25) is 5.02 Å². The molecule has 1 heterocycles. The molecule has 0 spiro atoms. The zero-order chi connectivity index (χ0) is 19.1. The van der Waals surface area contributed by atoms with Crippen LogP contribution in [0, 0.1) is 5.82 Å². The lowest BCUT2D eigenvalue weighted by Gasteiger charge is -2.21. The van der Waals surface area contributed by atoms with Gasteiger partial charge in [-0.25, -0.2) is 9.18 Å². The molecule has 7 heteroatoms. The van der Waals surface area contributed by atoms with Crippen LogP contribution in [0.15, 0.2) is 42.5 Å². The van der Waals surface area contributed by atoms with E-state index in [4.69, 9.17) is 16.3 Å². The Hall–Kier alpha value is -1.76. The van der Waals surface area contributed by atoms with E-state index in [1.54, 1.807) is 6.07 Å². The number of carbonyl (C=O) groups is 1. The summed E-state index contributed by atoms with van der Waals surface area (Å²) in [6.07, 6.45) is 2.19.